The van der Waals surface area contributed by atoms with Crippen molar-refractivity contribution >= 4 is 40.8 Å². The van der Waals surface area contributed by atoms with Crippen LogP contribution in [0.25, 0.3) is 0 Å². The SMILES string of the molecule is Nc1nc(N2CCC3(CC2)Cn2ccc(=O)cc2[C@H]3N)cnc1Sc1ccnc(N)c1Cl. The van der Waals surface area contributed by atoms with Crippen molar-refractivity contribution in [3.63, 3.8) is 0 Å². The third kappa shape index (κ3) is 3.58. The Morgan fingerprint density at radius 3 is 2.69 bits per heavy atom. The van der Waals surface area contributed by atoms with E-state index in [1.54, 1.807) is 30.6 Å². The van der Waals surface area contributed by atoms with Gasteiger partial charge in [0.05, 0.1) is 17.3 Å². The first-order chi connectivity index (χ1) is 15.4. The van der Waals surface area contributed by atoms with Crippen LogP contribution in [0.2, 0.25) is 5.02 Å². The number of anilines is 3. The highest BCUT2D eigenvalue weighted by Gasteiger charge is 2.46. The maximum Gasteiger partial charge on any atom is 0.181 e. The molecule has 1 saturated heterocycles. The van der Waals surface area contributed by atoms with E-state index in [1.807, 2.05) is 6.20 Å². The first kappa shape index (κ1) is 21.0. The van der Waals surface area contributed by atoms with Gasteiger partial charge < -0.3 is 26.7 Å². The number of nitrogens with zero attached hydrogens (tertiary/aromatic N) is 5. The molecule has 3 aromatic rings. The van der Waals surface area contributed by atoms with Gasteiger partial charge in [-0.3, -0.25) is 4.79 Å². The van der Waals surface area contributed by atoms with Crippen LogP contribution in [0, 0.1) is 5.41 Å². The molecule has 32 heavy (non-hydrogen) atoms. The summed E-state index contributed by atoms with van der Waals surface area (Å²) in [6, 6.07) is 4.87. The van der Waals surface area contributed by atoms with Gasteiger partial charge in [0.1, 0.15) is 16.7 Å². The smallest absolute Gasteiger partial charge is 0.181 e. The highest BCUT2D eigenvalue weighted by Crippen LogP contribution is 2.48. The fourth-order valence-electron chi connectivity index (χ4n) is 4.58. The quantitative estimate of drug-likeness (QED) is 0.525. The van der Waals surface area contributed by atoms with Gasteiger partial charge >= 0.3 is 0 Å². The van der Waals surface area contributed by atoms with Crippen LogP contribution >= 0.6 is 23.4 Å². The Balaban J connectivity index is 1.30. The average molecular weight is 471 g/mol. The minimum absolute atomic E-state index is 0.000588. The lowest BCUT2D eigenvalue weighted by Gasteiger charge is -2.41. The van der Waals surface area contributed by atoms with Crippen molar-refractivity contribution in [1.82, 2.24) is 19.5 Å². The van der Waals surface area contributed by atoms with E-state index in [9.17, 15) is 4.79 Å². The topological polar surface area (TPSA) is 142 Å². The highest BCUT2D eigenvalue weighted by atomic mass is 35.5. The van der Waals surface area contributed by atoms with Gasteiger partial charge in [-0.05, 0) is 18.9 Å². The molecule has 2 aliphatic heterocycles. The third-order valence-corrected chi connectivity index (χ3v) is 8.00. The van der Waals surface area contributed by atoms with E-state index in [4.69, 9.17) is 28.8 Å². The lowest BCUT2D eigenvalue weighted by atomic mass is 9.73. The fourth-order valence-corrected chi connectivity index (χ4v) is 5.59. The number of rotatable bonds is 3. The molecule has 0 bridgehead atoms. The van der Waals surface area contributed by atoms with Gasteiger partial charge in [0.25, 0.3) is 0 Å². The summed E-state index contributed by atoms with van der Waals surface area (Å²) in [5.41, 5.74) is 19.4. The van der Waals surface area contributed by atoms with E-state index in [0.717, 1.165) is 48.9 Å². The molecule has 0 amide bonds. The molecule has 11 heteroatoms. The number of hydrogen-bond acceptors (Lipinski definition) is 9. The van der Waals surface area contributed by atoms with Gasteiger partial charge in [-0.15, -0.1) is 0 Å². The van der Waals surface area contributed by atoms with Crippen LogP contribution in [0.5, 0.6) is 0 Å². The molecule has 2 aliphatic rings. The standard InChI is InChI=1S/C21H23ClN8OS/c22-16-14(1-5-26-18(16)24)32-20-19(25)28-15(10-27-20)29-7-3-21(4-8-29)11-30-6-2-12(31)9-13(30)17(21)23/h1-2,5-6,9-10,17H,3-4,7-8,11,23H2,(H2,24,26)(H2,25,28)/t17-/m1/s1. The minimum Gasteiger partial charge on any atom is -0.382 e. The average Bonchev–Trinajstić information content (AvgIpc) is 3.04. The molecule has 9 nitrogen and oxygen atoms in total. The van der Waals surface area contributed by atoms with Gasteiger partial charge in [-0.25, -0.2) is 15.0 Å². The maximum atomic E-state index is 11.8. The van der Waals surface area contributed by atoms with Crippen LogP contribution in [0.4, 0.5) is 17.5 Å². The molecule has 1 atom stereocenters. The molecule has 0 unspecified atom stereocenters. The maximum absolute atomic E-state index is 11.8. The summed E-state index contributed by atoms with van der Waals surface area (Å²) in [4.78, 5) is 27.7. The second kappa shape index (κ2) is 7.95. The van der Waals surface area contributed by atoms with E-state index in [-0.39, 0.29) is 22.7 Å². The van der Waals surface area contributed by atoms with Gasteiger partial charge in [0.2, 0.25) is 0 Å². The number of nitrogen functional groups attached to an aromatic ring is 2. The number of aromatic nitrogens is 4. The van der Waals surface area contributed by atoms with E-state index >= 15 is 0 Å². The Bertz CT molecular complexity index is 1240. The lowest BCUT2D eigenvalue weighted by Crippen LogP contribution is -2.44. The zero-order chi connectivity index (χ0) is 22.5. The van der Waals surface area contributed by atoms with Gasteiger partial charge in [-0.2, -0.15) is 0 Å². The summed E-state index contributed by atoms with van der Waals surface area (Å²) in [6.07, 6.45) is 6.97. The van der Waals surface area contributed by atoms with Crippen molar-refractivity contribution in [3.8, 4) is 0 Å². The fraction of sp³-hybridized carbons (Fsp3) is 0.333. The van der Waals surface area contributed by atoms with Gasteiger partial charge in [-0.1, -0.05) is 23.4 Å². The van der Waals surface area contributed by atoms with Gasteiger partial charge in [0, 0.05) is 60.2 Å². The summed E-state index contributed by atoms with van der Waals surface area (Å²) in [7, 11) is 0. The molecular formula is C21H23ClN8OS. The monoisotopic (exact) mass is 470 g/mol. The zero-order valence-electron chi connectivity index (χ0n) is 17.2. The highest BCUT2D eigenvalue weighted by molar-refractivity contribution is 7.99. The number of fused-ring (bicyclic) bond motifs is 1. The molecule has 0 aliphatic carbocycles. The van der Waals surface area contributed by atoms with E-state index in [0.29, 0.717) is 15.9 Å². The summed E-state index contributed by atoms with van der Waals surface area (Å²) in [6.45, 7) is 2.41. The number of hydrogen-bond donors (Lipinski definition) is 3. The third-order valence-electron chi connectivity index (χ3n) is 6.43. The van der Waals surface area contributed by atoms with Gasteiger partial charge in [0.15, 0.2) is 11.2 Å². The van der Waals surface area contributed by atoms with Crippen molar-refractivity contribution in [2.24, 2.45) is 11.1 Å². The van der Waals surface area contributed by atoms with E-state index < -0.39 is 0 Å². The zero-order valence-corrected chi connectivity index (χ0v) is 18.8. The summed E-state index contributed by atoms with van der Waals surface area (Å²) < 4.78 is 2.11. The van der Waals surface area contributed by atoms with Crippen LogP contribution in [0.15, 0.2) is 51.5 Å². The normalized spacial score (nSPS) is 19.3. The molecule has 1 fully saturated rings. The van der Waals surface area contributed by atoms with Crippen molar-refractivity contribution in [2.75, 3.05) is 29.5 Å². The van der Waals surface area contributed by atoms with E-state index in [1.165, 1.54) is 11.8 Å². The molecule has 6 N–H and O–H groups in total. The summed E-state index contributed by atoms with van der Waals surface area (Å²) in [5.74, 6) is 1.34. The van der Waals surface area contributed by atoms with Crippen LogP contribution in [0.3, 0.4) is 0 Å². The molecule has 1 spiro atoms. The van der Waals surface area contributed by atoms with Crippen LogP contribution in [0.1, 0.15) is 24.6 Å². The Labute approximate surface area is 194 Å². The predicted octanol–water partition coefficient (Wildman–Crippen LogP) is 2.30. The number of pyridine rings is 2. The van der Waals surface area contributed by atoms with Crippen LogP contribution in [-0.4, -0.2) is 32.6 Å². The molecule has 0 aromatic carbocycles. The predicted molar refractivity (Wildman–Crippen MR) is 126 cm³/mol. The molecule has 0 saturated carbocycles. The van der Waals surface area contributed by atoms with Crippen molar-refractivity contribution < 1.29 is 0 Å². The number of halogens is 1. The van der Waals surface area contributed by atoms with Crippen LogP contribution in [-0.2, 0) is 6.54 Å². The number of piperidine rings is 1. The Hall–Kier alpha value is -2.82. The molecule has 5 rings (SSSR count). The molecule has 3 aromatic heterocycles. The summed E-state index contributed by atoms with van der Waals surface area (Å²) >= 11 is 7.53. The number of nitrogens with two attached hydrogens (primary N) is 3. The Kier molecular flexibility index (Phi) is 5.23. The molecule has 0 radical (unpaired) electrons. The molecular weight excluding hydrogens is 448 g/mol. The summed E-state index contributed by atoms with van der Waals surface area (Å²) in [5, 5.41) is 0.938. The minimum atomic E-state index is -0.147. The molecule has 166 valence electrons. The first-order valence-electron chi connectivity index (χ1n) is 10.3. The van der Waals surface area contributed by atoms with Crippen molar-refractivity contribution in [2.45, 2.75) is 35.3 Å². The lowest BCUT2D eigenvalue weighted by molar-refractivity contribution is 0.174. The van der Waals surface area contributed by atoms with Crippen molar-refractivity contribution in [1.29, 1.82) is 0 Å². The second-order valence-electron chi connectivity index (χ2n) is 8.27. The largest absolute Gasteiger partial charge is 0.382 e. The van der Waals surface area contributed by atoms with E-state index in [2.05, 4.69) is 24.4 Å². The second-order valence-corrected chi connectivity index (χ2v) is 9.68. The Morgan fingerprint density at radius 1 is 1.16 bits per heavy atom. The Morgan fingerprint density at radius 2 is 1.94 bits per heavy atom. The first-order valence-corrected chi connectivity index (χ1v) is 11.5. The van der Waals surface area contributed by atoms with Crippen LogP contribution < -0.4 is 27.5 Å². The van der Waals surface area contributed by atoms with Crippen molar-refractivity contribution in [3.05, 3.63) is 57.7 Å². The molecule has 5 heterocycles.